The highest BCUT2D eigenvalue weighted by molar-refractivity contribution is 7.09. The third-order valence-electron chi connectivity index (χ3n) is 3.04. The van der Waals surface area contributed by atoms with Gasteiger partial charge in [-0.25, -0.2) is 4.98 Å². The molecule has 0 N–H and O–H groups in total. The minimum atomic E-state index is 0.793. The normalized spacial score (nSPS) is 15.2. The maximum atomic E-state index is 4.71. The summed E-state index contributed by atoms with van der Waals surface area (Å²) in [5, 5.41) is 3.55. The Balaban J connectivity index is 1.61. The molecule has 0 saturated heterocycles. The molecule has 3 rings (SSSR count). The van der Waals surface area contributed by atoms with Gasteiger partial charge < -0.3 is 0 Å². The summed E-state index contributed by atoms with van der Waals surface area (Å²) in [6.45, 7) is 0. The summed E-state index contributed by atoms with van der Waals surface area (Å²) in [6, 6.07) is 10.7. The highest BCUT2D eigenvalue weighted by Crippen LogP contribution is 2.40. The SMILES string of the molecule is c1ccc(CCc2nc(C3CC3)cs2)cc1. The second kappa shape index (κ2) is 4.38. The first-order chi connectivity index (χ1) is 7.92. The second-order valence-corrected chi connectivity index (χ2v) is 5.37. The molecule has 1 aromatic carbocycles. The molecule has 1 aromatic heterocycles. The molecular weight excluding hydrogens is 214 g/mol. The van der Waals surface area contributed by atoms with Gasteiger partial charge in [-0.15, -0.1) is 11.3 Å². The van der Waals surface area contributed by atoms with E-state index in [9.17, 15) is 0 Å². The lowest BCUT2D eigenvalue weighted by Crippen LogP contribution is -1.90. The first-order valence-corrected chi connectivity index (χ1v) is 6.78. The molecule has 1 aliphatic rings. The van der Waals surface area contributed by atoms with Crippen LogP contribution in [-0.4, -0.2) is 4.98 Å². The van der Waals surface area contributed by atoms with Crippen molar-refractivity contribution in [3.8, 4) is 0 Å². The van der Waals surface area contributed by atoms with E-state index in [2.05, 4.69) is 35.7 Å². The molecule has 0 unspecified atom stereocenters. The van der Waals surface area contributed by atoms with Crippen LogP contribution in [0.15, 0.2) is 35.7 Å². The Bertz CT molecular complexity index is 457. The van der Waals surface area contributed by atoms with E-state index in [1.807, 2.05) is 11.3 Å². The fourth-order valence-corrected chi connectivity index (χ4v) is 2.78. The number of hydrogen-bond acceptors (Lipinski definition) is 2. The smallest absolute Gasteiger partial charge is 0.0931 e. The number of aryl methyl sites for hydroxylation is 2. The monoisotopic (exact) mass is 229 g/mol. The van der Waals surface area contributed by atoms with E-state index >= 15 is 0 Å². The minimum Gasteiger partial charge on any atom is -0.246 e. The Hall–Kier alpha value is -1.15. The third-order valence-corrected chi connectivity index (χ3v) is 3.96. The first-order valence-electron chi connectivity index (χ1n) is 5.90. The van der Waals surface area contributed by atoms with E-state index in [0.29, 0.717) is 0 Å². The Morgan fingerprint density at radius 3 is 2.69 bits per heavy atom. The van der Waals surface area contributed by atoms with Gasteiger partial charge in [-0.3, -0.25) is 0 Å². The molecule has 2 heteroatoms. The van der Waals surface area contributed by atoms with Gasteiger partial charge in [0, 0.05) is 17.7 Å². The molecule has 0 amide bonds. The van der Waals surface area contributed by atoms with Crippen LogP contribution in [0.3, 0.4) is 0 Å². The average molecular weight is 229 g/mol. The zero-order valence-corrected chi connectivity index (χ0v) is 10.0. The predicted octanol–water partition coefficient (Wildman–Crippen LogP) is 3.81. The second-order valence-electron chi connectivity index (χ2n) is 4.43. The van der Waals surface area contributed by atoms with Crippen LogP contribution in [0.4, 0.5) is 0 Å². The molecule has 1 aliphatic carbocycles. The molecule has 0 aliphatic heterocycles. The van der Waals surface area contributed by atoms with E-state index in [0.717, 1.165) is 18.8 Å². The molecular formula is C14H15NS. The summed E-state index contributed by atoms with van der Waals surface area (Å²) in [5.74, 6) is 0.793. The molecule has 82 valence electrons. The van der Waals surface area contributed by atoms with Crippen LogP contribution in [0.25, 0.3) is 0 Å². The summed E-state index contributed by atoms with van der Waals surface area (Å²) in [4.78, 5) is 4.71. The largest absolute Gasteiger partial charge is 0.246 e. The van der Waals surface area contributed by atoms with Gasteiger partial charge in [0.25, 0.3) is 0 Å². The van der Waals surface area contributed by atoms with Crippen molar-refractivity contribution in [3.05, 3.63) is 52.0 Å². The fraction of sp³-hybridized carbons (Fsp3) is 0.357. The molecule has 0 spiro atoms. The average Bonchev–Trinajstić information content (AvgIpc) is 3.08. The molecule has 16 heavy (non-hydrogen) atoms. The van der Waals surface area contributed by atoms with Crippen molar-refractivity contribution in [1.82, 2.24) is 4.98 Å². The Morgan fingerprint density at radius 1 is 1.12 bits per heavy atom. The molecule has 1 nitrogen and oxygen atoms in total. The molecule has 0 radical (unpaired) electrons. The molecule has 1 heterocycles. The van der Waals surface area contributed by atoms with Gasteiger partial charge in [0.1, 0.15) is 0 Å². The van der Waals surface area contributed by atoms with Crippen molar-refractivity contribution in [1.29, 1.82) is 0 Å². The van der Waals surface area contributed by atoms with Gasteiger partial charge in [0.05, 0.1) is 10.7 Å². The number of nitrogens with zero attached hydrogens (tertiary/aromatic N) is 1. The molecule has 1 fully saturated rings. The van der Waals surface area contributed by atoms with Gasteiger partial charge in [-0.05, 0) is 24.8 Å². The van der Waals surface area contributed by atoms with Crippen molar-refractivity contribution in [3.63, 3.8) is 0 Å². The summed E-state index contributed by atoms with van der Waals surface area (Å²) in [7, 11) is 0. The zero-order chi connectivity index (χ0) is 10.8. The van der Waals surface area contributed by atoms with Gasteiger partial charge in [0.15, 0.2) is 0 Å². The predicted molar refractivity (Wildman–Crippen MR) is 67.9 cm³/mol. The van der Waals surface area contributed by atoms with Gasteiger partial charge in [-0.1, -0.05) is 30.3 Å². The zero-order valence-electron chi connectivity index (χ0n) is 9.23. The van der Waals surface area contributed by atoms with E-state index in [1.165, 1.54) is 29.1 Å². The molecule has 0 bridgehead atoms. The third kappa shape index (κ3) is 2.33. The lowest BCUT2D eigenvalue weighted by atomic mass is 10.1. The Kier molecular flexibility index (Phi) is 2.75. The maximum absolute atomic E-state index is 4.71. The van der Waals surface area contributed by atoms with Crippen LogP contribution >= 0.6 is 11.3 Å². The number of benzene rings is 1. The lowest BCUT2D eigenvalue weighted by Gasteiger charge is -1.97. The van der Waals surface area contributed by atoms with Gasteiger partial charge >= 0.3 is 0 Å². The fourth-order valence-electron chi connectivity index (χ4n) is 1.90. The first kappa shape index (κ1) is 10.0. The van der Waals surface area contributed by atoms with Crippen LogP contribution in [0, 0.1) is 0 Å². The highest BCUT2D eigenvalue weighted by atomic mass is 32.1. The van der Waals surface area contributed by atoms with Crippen LogP contribution < -0.4 is 0 Å². The van der Waals surface area contributed by atoms with Crippen LogP contribution in [0.5, 0.6) is 0 Å². The Morgan fingerprint density at radius 2 is 1.94 bits per heavy atom. The van der Waals surface area contributed by atoms with Crippen LogP contribution in [0.1, 0.15) is 35.0 Å². The van der Waals surface area contributed by atoms with Crippen molar-refractivity contribution in [2.24, 2.45) is 0 Å². The summed E-state index contributed by atoms with van der Waals surface area (Å²) in [6.07, 6.45) is 4.89. The Labute approximate surface area is 100 Å². The summed E-state index contributed by atoms with van der Waals surface area (Å²) < 4.78 is 0. The summed E-state index contributed by atoms with van der Waals surface area (Å²) in [5.41, 5.74) is 2.75. The highest BCUT2D eigenvalue weighted by Gasteiger charge is 2.25. The van der Waals surface area contributed by atoms with Crippen molar-refractivity contribution in [2.45, 2.75) is 31.6 Å². The number of aromatic nitrogens is 1. The van der Waals surface area contributed by atoms with E-state index in [1.54, 1.807) is 0 Å². The van der Waals surface area contributed by atoms with Crippen LogP contribution in [-0.2, 0) is 12.8 Å². The molecule has 0 atom stereocenters. The quantitative estimate of drug-likeness (QED) is 0.777. The minimum absolute atomic E-state index is 0.793. The van der Waals surface area contributed by atoms with Gasteiger partial charge in [0.2, 0.25) is 0 Å². The van der Waals surface area contributed by atoms with Crippen molar-refractivity contribution in [2.75, 3.05) is 0 Å². The summed E-state index contributed by atoms with van der Waals surface area (Å²) >= 11 is 1.83. The molecule has 2 aromatic rings. The number of hydrogen-bond donors (Lipinski definition) is 0. The van der Waals surface area contributed by atoms with E-state index in [4.69, 9.17) is 4.98 Å². The standard InChI is InChI=1S/C14H15NS/c1-2-4-11(5-3-1)6-9-14-15-13(10-16-14)12-7-8-12/h1-5,10,12H,6-9H2. The number of thiazole rings is 1. The topological polar surface area (TPSA) is 12.9 Å². The number of rotatable bonds is 4. The van der Waals surface area contributed by atoms with E-state index in [-0.39, 0.29) is 0 Å². The van der Waals surface area contributed by atoms with Crippen LogP contribution in [0.2, 0.25) is 0 Å². The maximum Gasteiger partial charge on any atom is 0.0931 e. The van der Waals surface area contributed by atoms with Gasteiger partial charge in [-0.2, -0.15) is 0 Å². The van der Waals surface area contributed by atoms with Crippen molar-refractivity contribution < 1.29 is 0 Å². The lowest BCUT2D eigenvalue weighted by molar-refractivity contribution is 0.919. The van der Waals surface area contributed by atoms with Crippen molar-refractivity contribution >= 4 is 11.3 Å². The molecule has 1 saturated carbocycles. The van der Waals surface area contributed by atoms with E-state index < -0.39 is 0 Å².